The highest BCUT2D eigenvalue weighted by Gasteiger charge is 2.16. The lowest BCUT2D eigenvalue weighted by Gasteiger charge is -2.15. The van der Waals surface area contributed by atoms with Crippen LogP contribution in [0.5, 0.6) is 11.5 Å². The minimum Gasteiger partial charge on any atom is -0.480 e. The van der Waals surface area contributed by atoms with E-state index >= 15 is 0 Å². The van der Waals surface area contributed by atoms with E-state index < -0.39 is 36.4 Å². The number of nitrogens with zero attached hydrogens (tertiary/aromatic N) is 4. The zero-order valence-corrected chi connectivity index (χ0v) is 33.4. The number of methoxy groups -OCH3 is 1. The summed E-state index contributed by atoms with van der Waals surface area (Å²) in [5.74, 6) is -1.97. The third-order valence-electron chi connectivity index (χ3n) is 7.50. The van der Waals surface area contributed by atoms with Gasteiger partial charge < -0.3 is 24.4 Å². The number of benzene rings is 3. The number of halogens is 4. The summed E-state index contributed by atoms with van der Waals surface area (Å²) in [6.45, 7) is 4.23. The van der Waals surface area contributed by atoms with Crippen molar-refractivity contribution in [1.82, 2.24) is 14.3 Å². The highest BCUT2D eigenvalue weighted by atomic mass is 35.5. The van der Waals surface area contributed by atoms with Crippen LogP contribution in [0.2, 0.25) is 15.1 Å². The van der Waals surface area contributed by atoms with Gasteiger partial charge in [-0.05, 0) is 98.2 Å². The van der Waals surface area contributed by atoms with Crippen LogP contribution in [-0.2, 0) is 32.2 Å². The molecule has 6 rings (SSSR count). The Morgan fingerprint density at radius 3 is 2.40 bits per heavy atom. The number of pyridine rings is 1. The number of thioether (sulfide) groups is 1. The molecule has 292 valence electrons. The maximum atomic E-state index is 14.3. The van der Waals surface area contributed by atoms with E-state index in [4.69, 9.17) is 54.5 Å². The predicted molar refractivity (Wildman–Crippen MR) is 209 cm³/mol. The van der Waals surface area contributed by atoms with E-state index in [1.807, 2.05) is 6.92 Å². The van der Waals surface area contributed by atoms with E-state index in [-0.39, 0.29) is 21.3 Å². The van der Waals surface area contributed by atoms with E-state index in [0.29, 0.717) is 49.8 Å². The predicted octanol–water partition coefficient (Wildman–Crippen LogP) is 7.65. The van der Waals surface area contributed by atoms with Crippen LogP contribution >= 0.6 is 57.9 Å². The molecule has 3 aromatic carbocycles. The number of rotatable bonds is 10. The maximum absolute atomic E-state index is 14.3. The zero-order valence-electron chi connectivity index (χ0n) is 29.5. The first-order valence-electron chi connectivity index (χ1n) is 16.3. The van der Waals surface area contributed by atoms with Crippen LogP contribution < -0.4 is 19.1 Å². The Labute approximate surface area is 336 Å². The fourth-order valence-electron chi connectivity index (χ4n) is 4.78. The van der Waals surface area contributed by atoms with Gasteiger partial charge in [0.15, 0.2) is 12.7 Å². The Morgan fingerprint density at radius 1 is 1.02 bits per heavy atom. The van der Waals surface area contributed by atoms with Gasteiger partial charge in [-0.25, -0.2) is 23.7 Å². The molecule has 2 aromatic heterocycles. The number of fused-ring (bicyclic) bond motifs is 2. The molecule has 13 nitrogen and oxygen atoms in total. The van der Waals surface area contributed by atoms with Crippen LogP contribution in [0.1, 0.15) is 25.3 Å². The number of carbonyl (C=O) groups excluding carboxylic acids is 1. The second kappa shape index (κ2) is 20.3. The van der Waals surface area contributed by atoms with Crippen LogP contribution in [0.25, 0.3) is 10.9 Å². The number of aryl methyl sites for hydroxylation is 1. The van der Waals surface area contributed by atoms with Crippen molar-refractivity contribution in [3.05, 3.63) is 102 Å². The van der Waals surface area contributed by atoms with Crippen molar-refractivity contribution < 1.29 is 43.2 Å². The molecule has 1 unspecified atom stereocenters. The Balaban J connectivity index is 0.000000195. The first kappa shape index (κ1) is 43.1. The standard InChI is InChI=1S/C15H15ClFN3O3S2.C11H8ClNO3.C10H11ClO3/c1-23-13(21)8-24-12-7-11(10(17)6-9(12)16)18-14-19-4-2-3-5-20(19)15(22)25-14;12-8-3-4-9(16-6-10(14)15)11-7(8)2-1-5-13-11;1-6-5-8(11)3-4-9(6)14-7(2)10(12)13/h6-7H,2-5,8H2,1H3;1-5H,6H2,(H,14,15);3-5,7H,1-2H3,(H,12,13). The first-order valence-corrected chi connectivity index (χ1v) is 19.2. The molecule has 1 aliphatic rings. The van der Waals surface area contributed by atoms with Crippen LogP contribution in [-0.4, -0.2) is 68.0 Å². The third kappa shape index (κ3) is 12.2. The van der Waals surface area contributed by atoms with Crippen molar-refractivity contribution in [2.24, 2.45) is 4.99 Å². The summed E-state index contributed by atoms with van der Waals surface area (Å²) < 4.78 is 32.6. The summed E-state index contributed by atoms with van der Waals surface area (Å²) in [6, 6.07) is 14.5. The summed E-state index contributed by atoms with van der Waals surface area (Å²) >= 11 is 19.9. The van der Waals surface area contributed by atoms with Gasteiger partial charge in [0, 0.05) is 34.6 Å². The van der Waals surface area contributed by atoms with E-state index in [0.717, 1.165) is 53.0 Å². The number of hydrogen-bond acceptors (Lipinski definition) is 11. The smallest absolute Gasteiger partial charge is 0.344 e. The molecule has 1 aliphatic heterocycles. The molecule has 0 aliphatic carbocycles. The minimum absolute atomic E-state index is 0.0605. The first-order chi connectivity index (χ1) is 26.2. The Hall–Kier alpha value is -4.61. The zero-order chi connectivity index (χ0) is 40.2. The number of esters is 1. The van der Waals surface area contributed by atoms with Crippen LogP contribution in [0, 0.1) is 12.7 Å². The van der Waals surface area contributed by atoms with Gasteiger partial charge in [0.25, 0.3) is 0 Å². The van der Waals surface area contributed by atoms with Gasteiger partial charge in [-0.3, -0.25) is 19.3 Å². The highest BCUT2D eigenvalue weighted by Crippen LogP contribution is 2.33. The van der Waals surface area contributed by atoms with Gasteiger partial charge in [-0.2, -0.15) is 0 Å². The largest absolute Gasteiger partial charge is 0.480 e. The average molecular weight is 856 g/mol. The molecule has 0 spiro atoms. The quantitative estimate of drug-likeness (QED) is 0.104. The Kier molecular flexibility index (Phi) is 16.0. The number of carboxylic acid groups (broad SMARTS) is 2. The van der Waals surface area contributed by atoms with Crippen LogP contribution in [0.3, 0.4) is 0 Å². The van der Waals surface area contributed by atoms with Crippen molar-refractivity contribution >= 4 is 92.4 Å². The molecular weight excluding hydrogens is 822 g/mol. The normalized spacial score (nSPS) is 12.7. The molecule has 19 heteroatoms. The lowest BCUT2D eigenvalue weighted by molar-refractivity contribution is -0.144. The van der Waals surface area contributed by atoms with Crippen LogP contribution in [0.15, 0.2) is 75.5 Å². The van der Waals surface area contributed by atoms with E-state index in [1.54, 1.807) is 58.0 Å². The number of hydrogen-bond donors (Lipinski definition) is 2. The van der Waals surface area contributed by atoms with Crippen LogP contribution in [0.4, 0.5) is 10.1 Å². The van der Waals surface area contributed by atoms with Crippen molar-refractivity contribution in [2.75, 3.05) is 19.5 Å². The third-order valence-corrected chi connectivity index (χ3v) is 10.4. The second-order valence-electron chi connectivity index (χ2n) is 11.5. The molecule has 5 aromatic rings. The molecule has 55 heavy (non-hydrogen) atoms. The van der Waals surface area contributed by atoms with Gasteiger partial charge in [0.2, 0.25) is 4.80 Å². The van der Waals surface area contributed by atoms with E-state index in [1.165, 1.54) is 20.1 Å². The van der Waals surface area contributed by atoms with E-state index in [9.17, 15) is 23.6 Å². The summed E-state index contributed by atoms with van der Waals surface area (Å²) in [5.41, 5.74) is 1.47. The SMILES string of the molecule is COC(=O)CSc1cc(N=c2sc(=O)n3n2CCCC3)c(F)cc1Cl.Cc1cc(Cl)ccc1OC(C)C(=O)O.O=C(O)COc1ccc(Cl)c2cccnc12. The molecule has 3 heterocycles. The number of aliphatic carboxylic acids is 2. The van der Waals surface area contributed by atoms with Gasteiger partial charge >= 0.3 is 22.8 Å². The monoisotopic (exact) mass is 854 g/mol. The van der Waals surface area contributed by atoms with Crippen molar-refractivity contribution in [3.63, 3.8) is 0 Å². The molecular formula is C36H34Cl3FN4O9S2. The Bertz CT molecular complexity index is 2320. The highest BCUT2D eigenvalue weighted by molar-refractivity contribution is 8.00. The second-order valence-corrected chi connectivity index (χ2v) is 14.6. The van der Waals surface area contributed by atoms with Crippen molar-refractivity contribution in [2.45, 2.75) is 50.8 Å². The topological polar surface area (TPSA) is 172 Å². The Morgan fingerprint density at radius 2 is 1.73 bits per heavy atom. The molecule has 0 amide bonds. The molecule has 1 atom stereocenters. The summed E-state index contributed by atoms with van der Waals surface area (Å²) in [4.78, 5) is 53.6. The maximum Gasteiger partial charge on any atom is 0.344 e. The molecule has 0 bridgehead atoms. The van der Waals surface area contributed by atoms with Gasteiger partial charge in [-0.1, -0.05) is 34.8 Å². The van der Waals surface area contributed by atoms with E-state index in [2.05, 4.69) is 14.7 Å². The van der Waals surface area contributed by atoms with Gasteiger partial charge in [-0.15, -0.1) is 11.8 Å². The van der Waals surface area contributed by atoms with Gasteiger partial charge in [0.1, 0.15) is 28.5 Å². The fraction of sp³-hybridized carbons (Fsp3) is 0.278. The lowest BCUT2D eigenvalue weighted by atomic mass is 10.2. The van der Waals surface area contributed by atoms with Crippen molar-refractivity contribution in [3.8, 4) is 11.5 Å². The van der Waals surface area contributed by atoms with Gasteiger partial charge in [0.05, 0.1) is 22.9 Å². The summed E-state index contributed by atoms with van der Waals surface area (Å²) in [7, 11) is 1.30. The average Bonchev–Trinajstić information content (AvgIpc) is 3.47. The minimum atomic E-state index is -1.03. The lowest BCUT2D eigenvalue weighted by Crippen LogP contribution is -2.31. The number of carbonyl (C=O) groups is 3. The number of aromatic nitrogens is 3. The molecule has 2 N–H and O–H groups in total. The molecule has 0 radical (unpaired) electrons. The summed E-state index contributed by atoms with van der Waals surface area (Å²) in [6.07, 6.45) is 2.65. The number of ether oxygens (including phenoxy) is 3. The molecule has 0 saturated carbocycles. The molecule has 0 saturated heterocycles. The van der Waals surface area contributed by atoms with Crippen molar-refractivity contribution in [1.29, 1.82) is 0 Å². The summed E-state index contributed by atoms with van der Waals surface area (Å²) in [5, 5.41) is 19.3. The molecule has 0 fully saturated rings. The fourth-order valence-corrected chi connectivity index (χ4v) is 7.21. The number of carboxylic acids is 2.